The van der Waals surface area contributed by atoms with Gasteiger partial charge < -0.3 is 33.8 Å². The zero-order valence-electron chi connectivity index (χ0n) is 76.8. The first-order valence-corrected chi connectivity index (χ1v) is 53.0. The van der Waals surface area contributed by atoms with E-state index in [1.807, 2.05) is 0 Å². The van der Waals surface area contributed by atoms with Crippen LogP contribution >= 0.6 is 15.6 Å². The predicted molar refractivity (Wildman–Crippen MR) is 483 cm³/mol. The Morgan fingerprint density at radius 3 is 0.586 bits per heavy atom. The number of ether oxygens (including phenoxy) is 4. The first kappa shape index (κ1) is 114. The van der Waals surface area contributed by atoms with E-state index in [0.717, 1.165) is 102 Å². The number of unbranched alkanes of at least 4 members (excludes halogenated alkanes) is 66. The second kappa shape index (κ2) is 87.9. The highest BCUT2D eigenvalue weighted by molar-refractivity contribution is 7.47. The number of esters is 4. The quantitative estimate of drug-likeness (QED) is 0.0222. The first-order chi connectivity index (χ1) is 56.4. The molecule has 0 heterocycles. The molecule has 0 bridgehead atoms. The SMILES string of the molecule is CCCCCCCCCCCCCCCCCCCCCCCCC(=O)OC[C@H](COP(=O)(O)OC[C@@H](O)COP(=O)(O)OC[C@@H](COC(=O)CCCCCCCCCCC(C)C)OC(=O)CCCCCCCCCCCCCCCCCCCCC(C)C)OC(=O)CCCCCCCCCCCCCCCCCCCCCCCC. The smallest absolute Gasteiger partial charge is 0.462 e. The van der Waals surface area contributed by atoms with E-state index in [1.54, 1.807) is 0 Å². The van der Waals surface area contributed by atoms with Crippen LogP contribution in [-0.2, 0) is 65.4 Å². The van der Waals surface area contributed by atoms with E-state index in [9.17, 15) is 43.2 Å². The van der Waals surface area contributed by atoms with Crippen molar-refractivity contribution < 1.29 is 80.2 Å². The molecule has 0 radical (unpaired) electrons. The van der Waals surface area contributed by atoms with Crippen LogP contribution in [0.2, 0.25) is 0 Å². The fourth-order valence-corrected chi connectivity index (χ4v) is 16.9. The number of carbonyl (C=O) groups excluding carboxylic acids is 4. The Balaban J connectivity index is 5.21. The molecule has 19 heteroatoms. The Bertz CT molecular complexity index is 2200. The second-order valence-corrected chi connectivity index (χ2v) is 38.7. The van der Waals surface area contributed by atoms with Crippen LogP contribution in [0.15, 0.2) is 0 Å². The Morgan fingerprint density at radius 1 is 0.233 bits per heavy atom. The van der Waals surface area contributed by atoms with E-state index in [2.05, 4.69) is 41.5 Å². The largest absolute Gasteiger partial charge is 0.472 e. The average Bonchev–Trinajstić information content (AvgIpc) is 0.899. The van der Waals surface area contributed by atoms with Gasteiger partial charge in [0.05, 0.1) is 26.4 Å². The average molecular weight is 1690 g/mol. The summed E-state index contributed by atoms with van der Waals surface area (Å²) in [6, 6.07) is 0. The third-order valence-corrected chi connectivity index (χ3v) is 24.9. The molecule has 0 amide bonds. The van der Waals surface area contributed by atoms with Gasteiger partial charge in [0.15, 0.2) is 12.2 Å². The van der Waals surface area contributed by atoms with Gasteiger partial charge in [0.1, 0.15) is 19.3 Å². The van der Waals surface area contributed by atoms with Gasteiger partial charge in [-0.15, -0.1) is 0 Å². The second-order valence-electron chi connectivity index (χ2n) is 35.8. The molecule has 0 aromatic carbocycles. The number of phosphoric ester groups is 2. The summed E-state index contributed by atoms with van der Waals surface area (Å²) in [6.07, 6.45) is 85.2. The van der Waals surface area contributed by atoms with Gasteiger partial charge in [0.2, 0.25) is 0 Å². The summed E-state index contributed by atoms with van der Waals surface area (Å²) in [4.78, 5) is 73.6. The van der Waals surface area contributed by atoms with Gasteiger partial charge in [0, 0.05) is 25.7 Å². The van der Waals surface area contributed by atoms with Crippen LogP contribution in [-0.4, -0.2) is 96.7 Å². The summed E-state index contributed by atoms with van der Waals surface area (Å²) < 4.78 is 69.2. The van der Waals surface area contributed by atoms with Crippen molar-refractivity contribution in [3.05, 3.63) is 0 Å². The van der Waals surface area contributed by atoms with Crippen molar-refractivity contribution in [1.29, 1.82) is 0 Å². The Hall–Kier alpha value is -1.94. The summed E-state index contributed by atoms with van der Waals surface area (Å²) in [6.45, 7) is 9.73. The molecule has 0 saturated carbocycles. The zero-order valence-corrected chi connectivity index (χ0v) is 78.6. The molecular formula is C97H190O17P2. The Labute approximate surface area is 715 Å². The van der Waals surface area contributed by atoms with Gasteiger partial charge in [-0.25, -0.2) is 9.13 Å². The number of hydrogen-bond donors (Lipinski definition) is 3. The van der Waals surface area contributed by atoms with Crippen molar-refractivity contribution in [1.82, 2.24) is 0 Å². The lowest BCUT2D eigenvalue weighted by Gasteiger charge is -2.21. The van der Waals surface area contributed by atoms with Gasteiger partial charge in [-0.05, 0) is 37.5 Å². The molecule has 0 aliphatic heterocycles. The molecule has 0 rings (SSSR count). The molecule has 0 fully saturated rings. The molecule has 5 atom stereocenters. The molecule has 0 aliphatic rings. The number of carbonyl (C=O) groups is 4. The van der Waals surface area contributed by atoms with Gasteiger partial charge in [-0.1, -0.05) is 478 Å². The molecule has 3 N–H and O–H groups in total. The van der Waals surface area contributed by atoms with Crippen molar-refractivity contribution in [2.45, 2.75) is 548 Å². The maximum absolute atomic E-state index is 13.2. The maximum Gasteiger partial charge on any atom is 0.472 e. The highest BCUT2D eigenvalue weighted by Crippen LogP contribution is 2.45. The van der Waals surface area contributed by atoms with Gasteiger partial charge in [-0.2, -0.15) is 0 Å². The minimum atomic E-state index is -4.97. The highest BCUT2D eigenvalue weighted by Gasteiger charge is 2.31. The van der Waals surface area contributed by atoms with Crippen molar-refractivity contribution in [3.8, 4) is 0 Å². The standard InChI is InChI=1S/C97H190O17P2/c1-7-9-11-13-15-17-19-21-23-25-27-29-31-33-38-42-46-50-54-61-67-73-79-94(99)107-85-92(113-96(101)81-75-69-63-55-51-47-43-39-34-32-30-28-26-24-22-20-18-16-14-12-10-8-2)87-111-115(103,104)109-83-91(98)84-110-116(105,106)112-88-93(86-108-95(100)80-74-68-62-58-57-60-66-72-78-90(5)6)114-97(102)82-76-70-64-56-52-48-44-40-36-35-37-41-45-49-53-59-65-71-77-89(3)4/h89-93,98H,7-88H2,1-6H3,(H,103,104)(H,105,106)/t91-,92-,93-/m1/s1. The minimum Gasteiger partial charge on any atom is -0.462 e. The van der Waals surface area contributed by atoms with Crippen LogP contribution < -0.4 is 0 Å². The molecule has 0 aromatic heterocycles. The van der Waals surface area contributed by atoms with Crippen LogP contribution in [0, 0.1) is 11.8 Å². The van der Waals surface area contributed by atoms with Crippen molar-refractivity contribution in [3.63, 3.8) is 0 Å². The van der Waals surface area contributed by atoms with Gasteiger partial charge in [0.25, 0.3) is 0 Å². The van der Waals surface area contributed by atoms with Crippen LogP contribution in [0.3, 0.4) is 0 Å². The first-order valence-electron chi connectivity index (χ1n) is 50.0. The van der Waals surface area contributed by atoms with Crippen LogP contribution in [0.4, 0.5) is 0 Å². The molecular weight excluding hydrogens is 1500 g/mol. The summed E-state index contributed by atoms with van der Waals surface area (Å²) in [5.41, 5.74) is 0. The number of rotatable bonds is 96. The maximum atomic E-state index is 13.2. The molecule has 0 saturated heterocycles. The lowest BCUT2D eigenvalue weighted by Crippen LogP contribution is -2.30. The highest BCUT2D eigenvalue weighted by atomic mass is 31.2. The van der Waals surface area contributed by atoms with Crippen LogP contribution in [0.25, 0.3) is 0 Å². The third kappa shape index (κ3) is 89.8. The number of aliphatic hydroxyl groups is 1. The third-order valence-electron chi connectivity index (χ3n) is 23.0. The predicted octanol–water partition coefficient (Wildman–Crippen LogP) is 30.5. The van der Waals surface area contributed by atoms with E-state index in [4.69, 9.17) is 37.0 Å². The molecule has 17 nitrogen and oxygen atoms in total. The normalized spacial score (nSPS) is 13.6. The van der Waals surface area contributed by atoms with Gasteiger partial charge >= 0.3 is 39.5 Å². The number of hydrogen-bond acceptors (Lipinski definition) is 15. The van der Waals surface area contributed by atoms with E-state index in [-0.39, 0.29) is 25.7 Å². The van der Waals surface area contributed by atoms with E-state index >= 15 is 0 Å². The summed E-state index contributed by atoms with van der Waals surface area (Å²) >= 11 is 0. The van der Waals surface area contributed by atoms with Crippen molar-refractivity contribution in [2.75, 3.05) is 39.6 Å². The van der Waals surface area contributed by atoms with Gasteiger partial charge in [-0.3, -0.25) is 37.3 Å². The zero-order chi connectivity index (χ0) is 84.8. The molecule has 0 spiro atoms. The van der Waals surface area contributed by atoms with Crippen molar-refractivity contribution >= 4 is 39.5 Å². The monoisotopic (exact) mass is 1690 g/mol. The number of aliphatic hydroxyl groups excluding tert-OH is 1. The fraction of sp³-hybridized carbons (Fsp3) is 0.959. The Morgan fingerprint density at radius 2 is 0.397 bits per heavy atom. The van der Waals surface area contributed by atoms with E-state index in [0.29, 0.717) is 25.7 Å². The summed E-state index contributed by atoms with van der Waals surface area (Å²) in [5.74, 6) is -0.545. The lowest BCUT2D eigenvalue weighted by molar-refractivity contribution is -0.161. The van der Waals surface area contributed by atoms with E-state index < -0.39 is 97.5 Å². The summed E-state index contributed by atoms with van der Waals surface area (Å²) in [7, 11) is -9.94. The number of phosphoric acid groups is 2. The molecule has 116 heavy (non-hydrogen) atoms. The van der Waals surface area contributed by atoms with Crippen LogP contribution in [0.5, 0.6) is 0 Å². The molecule has 0 aliphatic carbocycles. The summed E-state index contributed by atoms with van der Waals surface area (Å²) in [5, 5.41) is 10.7. The molecule has 2 unspecified atom stereocenters. The topological polar surface area (TPSA) is 237 Å². The molecule has 0 aromatic rings. The van der Waals surface area contributed by atoms with Crippen molar-refractivity contribution in [2.24, 2.45) is 11.8 Å². The Kier molecular flexibility index (Phi) is 86.5. The van der Waals surface area contributed by atoms with Crippen LogP contribution in [0.1, 0.15) is 530 Å². The lowest BCUT2D eigenvalue weighted by atomic mass is 10.0. The fourth-order valence-electron chi connectivity index (χ4n) is 15.4. The minimum absolute atomic E-state index is 0.108. The van der Waals surface area contributed by atoms with E-state index in [1.165, 1.54) is 347 Å². The molecule has 690 valence electrons.